The van der Waals surface area contributed by atoms with Gasteiger partial charge in [0, 0.05) is 5.57 Å². The number of ether oxygens (including phenoxy) is 1. The van der Waals surface area contributed by atoms with E-state index in [-0.39, 0.29) is 18.0 Å². The van der Waals surface area contributed by atoms with Gasteiger partial charge in [0.25, 0.3) is 0 Å². The number of hydrogen-bond donors (Lipinski definition) is 0. The van der Waals surface area contributed by atoms with Gasteiger partial charge in [-0.25, -0.2) is 4.79 Å². The van der Waals surface area contributed by atoms with E-state index in [0.717, 1.165) is 0 Å². The number of carbonyl (C=O) groups excluding carboxylic acids is 2. The Morgan fingerprint density at radius 3 is 2.38 bits per heavy atom. The monoisotopic (exact) mass is 181 g/mol. The summed E-state index contributed by atoms with van der Waals surface area (Å²) in [5, 5.41) is 8.46. The highest BCUT2D eigenvalue weighted by Gasteiger charge is 2.15. The number of nitriles is 1. The van der Waals surface area contributed by atoms with Crippen molar-refractivity contribution in [3.8, 4) is 6.07 Å². The van der Waals surface area contributed by atoms with Crippen LogP contribution in [0.2, 0.25) is 0 Å². The van der Waals surface area contributed by atoms with Crippen LogP contribution in [-0.2, 0) is 14.3 Å². The van der Waals surface area contributed by atoms with Gasteiger partial charge in [0.15, 0.2) is 0 Å². The average Bonchev–Trinajstić information content (AvgIpc) is 2.04. The number of carbonyl (C=O) groups is 2. The molecule has 0 radical (unpaired) electrons. The summed E-state index contributed by atoms with van der Waals surface area (Å²) in [6.45, 7) is 5.94. The van der Waals surface area contributed by atoms with E-state index in [1.54, 1.807) is 6.07 Å². The van der Waals surface area contributed by atoms with E-state index in [4.69, 9.17) is 5.26 Å². The Hall–Kier alpha value is -1.63. The summed E-state index contributed by atoms with van der Waals surface area (Å²) < 4.78 is 4.64. The Kier molecular flexibility index (Phi) is 4.45. The van der Waals surface area contributed by atoms with E-state index in [2.05, 4.69) is 11.3 Å². The Labute approximate surface area is 76.8 Å². The second-order valence-corrected chi connectivity index (χ2v) is 2.67. The largest absolute Gasteiger partial charge is 0.460 e. The third kappa shape index (κ3) is 4.06. The molecule has 4 nitrogen and oxygen atoms in total. The SMILES string of the molecule is C=C(C)C(=O)OCC(C#N)C(C)=O. The van der Waals surface area contributed by atoms with E-state index in [1.807, 2.05) is 0 Å². The third-order valence-electron chi connectivity index (χ3n) is 1.38. The minimum atomic E-state index is -0.872. The van der Waals surface area contributed by atoms with Crippen LogP contribution >= 0.6 is 0 Å². The van der Waals surface area contributed by atoms with Crippen LogP contribution in [0.3, 0.4) is 0 Å². The summed E-state index contributed by atoms with van der Waals surface area (Å²) in [6.07, 6.45) is 0. The van der Waals surface area contributed by atoms with E-state index < -0.39 is 11.9 Å². The van der Waals surface area contributed by atoms with Crippen molar-refractivity contribution >= 4 is 11.8 Å². The zero-order chi connectivity index (χ0) is 10.4. The lowest BCUT2D eigenvalue weighted by molar-refractivity contribution is -0.140. The third-order valence-corrected chi connectivity index (χ3v) is 1.38. The zero-order valence-corrected chi connectivity index (χ0v) is 7.66. The molecule has 0 heterocycles. The average molecular weight is 181 g/mol. The Balaban J connectivity index is 4.02. The molecule has 0 saturated carbocycles. The topological polar surface area (TPSA) is 67.2 Å². The van der Waals surface area contributed by atoms with Crippen LogP contribution in [0.4, 0.5) is 0 Å². The van der Waals surface area contributed by atoms with Crippen molar-refractivity contribution < 1.29 is 14.3 Å². The van der Waals surface area contributed by atoms with Gasteiger partial charge >= 0.3 is 5.97 Å². The molecular weight excluding hydrogens is 170 g/mol. The number of nitrogens with zero attached hydrogens (tertiary/aromatic N) is 1. The van der Waals surface area contributed by atoms with Gasteiger partial charge in [0.2, 0.25) is 0 Å². The Bertz CT molecular complexity index is 275. The second kappa shape index (κ2) is 5.09. The quantitative estimate of drug-likeness (QED) is 0.476. The summed E-state index contributed by atoms with van der Waals surface area (Å²) in [6, 6.07) is 1.74. The summed E-state index contributed by atoms with van der Waals surface area (Å²) in [5.74, 6) is -1.76. The first kappa shape index (κ1) is 11.4. The second-order valence-electron chi connectivity index (χ2n) is 2.67. The lowest BCUT2D eigenvalue weighted by Gasteiger charge is -2.06. The van der Waals surface area contributed by atoms with Gasteiger partial charge in [0.1, 0.15) is 18.3 Å². The predicted molar refractivity (Wildman–Crippen MR) is 45.6 cm³/mol. The van der Waals surface area contributed by atoms with Crippen molar-refractivity contribution in [2.45, 2.75) is 13.8 Å². The summed E-state index contributed by atoms with van der Waals surface area (Å²) in [4.78, 5) is 21.6. The maximum Gasteiger partial charge on any atom is 0.333 e. The molecule has 0 fully saturated rings. The Morgan fingerprint density at radius 1 is 1.54 bits per heavy atom. The van der Waals surface area contributed by atoms with Gasteiger partial charge in [-0.1, -0.05) is 6.58 Å². The van der Waals surface area contributed by atoms with Crippen molar-refractivity contribution in [1.29, 1.82) is 5.26 Å². The van der Waals surface area contributed by atoms with Crippen molar-refractivity contribution in [3.63, 3.8) is 0 Å². The molecule has 0 saturated heterocycles. The number of rotatable bonds is 4. The van der Waals surface area contributed by atoms with Gasteiger partial charge < -0.3 is 4.74 Å². The zero-order valence-electron chi connectivity index (χ0n) is 7.66. The van der Waals surface area contributed by atoms with Crippen molar-refractivity contribution in [3.05, 3.63) is 12.2 Å². The van der Waals surface area contributed by atoms with Crippen molar-refractivity contribution in [2.75, 3.05) is 6.61 Å². The van der Waals surface area contributed by atoms with Gasteiger partial charge in [-0.3, -0.25) is 4.79 Å². The molecule has 0 aromatic carbocycles. The Morgan fingerprint density at radius 2 is 2.08 bits per heavy atom. The molecule has 0 aliphatic heterocycles. The van der Waals surface area contributed by atoms with Gasteiger partial charge in [0.05, 0.1) is 6.07 Å². The van der Waals surface area contributed by atoms with E-state index >= 15 is 0 Å². The molecule has 13 heavy (non-hydrogen) atoms. The van der Waals surface area contributed by atoms with Gasteiger partial charge in [-0.05, 0) is 13.8 Å². The predicted octanol–water partition coefficient (Wildman–Crippen LogP) is 0.834. The van der Waals surface area contributed by atoms with Crippen LogP contribution in [0.1, 0.15) is 13.8 Å². The minimum absolute atomic E-state index is 0.197. The van der Waals surface area contributed by atoms with E-state index in [1.165, 1.54) is 13.8 Å². The highest BCUT2D eigenvalue weighted by molar-refractivity contribution is 5.87. The number of hydrogen-bond acceptors (Lipinski definition) is 4. The first-order valence-electron chi connectivity index (χ1n) is 3.71. The first-order chi connectivity index (χ1) is 5.99. The van der Waals surface area contributed by atoms with Gasteiger partial charge in [-0.2, -0.15) is 5.26 Å². The molecule has 0 aromatic heterocycles. The number of esters is 1. The van der Waals surface area contributed by atoms with Crippen LogP contribution in [0.5, 0.6) is 0 Å². The highest BCUT2D eigenvalue weighted by atomic mass is 16.5. The normalized spacial score (nSPS) is 11.2. The van der Waals surface area contributed by atoms with Crippen LogP contribution in [-0.4, -0.2) is 18.4 Å². The molecule has 0 rings (SSSR count). The number of ketones is 1. The van der Waals surface area contributed by atoms with Gasteiger partial charge in [-0.15, -0.1) is 0 Å². The summed E-state index contributed by atoms with van der Waals surface area (Å²) in [5.41, 5.74) is 0.250. The maximum absolute atomic E-state index is 10.8. The molecule has 0 bridgehead atoms. The van der Waals surface area contributed by atoms with Crippen LogP contribution in [0, 0.1) is 17.2 Å². The first-order valence-corrected chi connectivity index (χ1v) is 3.71. The summed E-state index contributed by atoms with van der Waals surface area (Å²) >= 11 is 0. The van der Waals surface area contributed by atoms with Crippen molar-refractivity contribution in [2.24, 2.45) is 5.92 Å². The van der Waals surface area contributed by atoms with Crippen LogP contribution in [0.25, 0.3) is 0 Å². The lowest BCUT2D eigenvalue weighted by atomic mass is 10.1. The fourth-order valence-electron chi connectivity index (χ4n) is 0.528. The smallest absolute Gasteiger partial charge is 0.333 e. The van der Waals surface area contributed by atoms with Crippen molar-refractivity contribution in [1.82, 2.24) is 0 Å². The molecule has 70 valence electrons. The molecule has 0 N–H and O–H groups in total. The molecule has 1 atom stereocenters. The van der Waals surface area contributed by atoms with E-state index in [0.29, 0.717) is 0 Å². The van der Waals surface area contributed by atoms with Crippen LogP contribution in [0.15, 0.2) is 12.2 Å². The maximum atomic E-state index is 10.8. The van der Waals surface area contributed by atoms with Crippen LogP contribution < -0.4 is 0 Å². The fraction of sp³-hybridized carbons (Fsp3) is 0.444. The molecule has 0 aliphatic rings. The molecule has 0 aromatic rings. The fourth-order valence-corrected chi connectivity index (χ4v) is 0.528. The molecular formula is C9H11NO3. The summed E-state index contributed by atoms with van der Waals surface area (Å²) in [7, 11) is 0. The number of Topliss-reactive ketones (excluding diaryl/α,β-unsaturated/α-hetero) is 1. The minimum Gasteiger partial charge on any atom is -0.460 e. The van der Waals surface area contributed by atoms with E-state index in [9.17, 15) is 9.59 Å². The molecule has 0 aliphatic carbocycles. The molecule has 4 heteroatoms. The molecule has 1 unspecified atom stereocenters. The lowest BCUT2D eigenvalue weighted by Crippen LogP contribution is -2.18. The standard InChI is InChI=1S/C9H11NO3/c1-6(2)9(12)13-5-8(4-10)7(3)11/h8H,1,5H2,2-3H3. The molecule has 0 amide bonds. The molecule has 0 spiro atoms. The highest BCUT2D eigenvalue weighted by Crippen LogP contribution is 2.00.